The molecule has 0 bridgehead atoms. The van der Waals surface area contributed by atoms with Crippen LogP contribution in [0.2, 0.25) is 0 Å². The van der Waals surface area contributed by atoms with Crippen molar-refractivity contribution >= 4 is 22.8 Å². The number of hydrogen-bond acceptors (Lipinski definition) is 3. The molecule has 1 saturated heterocycles. The molecule has 1 aromatic heterocycles. The highest BCUT2D eigenvalue weighted by atomic mass is 16.4. The SMILES string of the molecule is Cc1ccc(C)c2c(C)c(C(=O)N3CC[C@@H](C(=O)O)C3)oc12. The van der Waals surface area contributed by atoms with Crippen LogP contribution in [0.4, 0.5) is 0 Å². The molecule has 1 aliphatic rings. The van der Waals surface area contributed by atoms with E-state index in [0.29, 0.717) is 18.7 Å². The fourth-order valence-corrected chi connectivity index (χ4v) is 3.17. The third-order valence-electron chi connectivity index (χ3n) is 4.50. The number of amides is 1. The molecule has 5 nitrogen and oxygen atoms in total. The molecule has 0 aliphatic carbocycles. The second kappa shape index (κ2) is 5.16. The molecular formula is C17H19NO4. The topological polar surface area (TPSA) is 70.8 Å². The Labute approximate surface area is 128 Å². The minimum atomic E-state index is -0.844. The van der Waals surface area contributed by atoms with E-state index in [4.69, 9.17) is 9.52 Å². The Morgan fingerprint density at radius 2 is 1.91 bits per heavy atom. The van der Waals surface area contributed by atoms with Gasteiger partial charge in [-0.1, -0.05) is 12.1 Å². The largest absolute Gasteiger partial charge is 0.481 e. The van der Waals surface area contributed by atoms with Gasteiger partial charge in [-0.05, 0) is 38.3 Å². The van der Waals surface area contributed by atoms with Crippen LogP contribution in [0.3, 0.4) is 0 Å². The monoisotopic (exact) mass is 301 g/mol. The van der Waals surface area contributed by atoms with Crippen molar-refractivity contribution in [3.8, 4) is 0 Å². The number of benzene rings is 1. The van der Waals surface area contributed by atoms with E-state index in [0.717, 1.165) is 27.7 Å². The number of carbonyl (C=O) groups excluding carboxylic acids is 1. The summed E-state index contributed by atoms with van der Waals surface area (Å²) in [4.78, 5) is 25.3. The van der Waals surface area contributed by atoms with Crippen molar-refractivity contribution in [2.24, 2.45) is 5.92 Å². The predicted octanol–water partition coefficient (Wildman–Crippen LogP) is 2.90. The van der Waals surface area contributed by atoms with E-state index in [1.54, 1.807) is 4.90 Å². The Bertz CT molecular complexity index is 775. The van der Waals surface area contributed by atoms with Crippen LogP contribution in [-0.4, -0.2) is 35.0 Å². The number of furan rings is 1. The van der Waals surface area contributed by atoms with Gasteiger partial charge in [-0.2, -0.15) is 0 Å². The number of carboxylic acids is 1. The minimum absolute atomic E-state index is 0.212. The van der Waals surface area contributed by atoms with E-state index in [9.17, 15) is 9.59 Å². The van der Waals surface area contributed by atoms with E-state index in [2.05, 4.69) is 0 Å². The molecule has 3 rings (SSSR count). The first kappa shape index (κ1) is 14.6. The molecule has 1 aromatic carbocycles. The van der Waals surface area contributed by atoms with Crippen molar-refractivity contribution in [1.82, 2.24) is 4.90 Å². The second-order valence-electron chi connectivity index (χ2n) is 6.03. The van der Waals surface area contributed by atoms with Gasteiger partial charge in [0, 0.05) is 24.0 Å². The lowest BCUT2D eigenvalue weighted by molar-refractivity contribution is -0.141. The molecule has 5 heteroatoms. The number of rotatable bonds is 2. The number of carbonyl (C=O) groups is 2. The van der Waals surface area contributed by atoms with Crippen LogP contribution < -0.4 is 0 Å². The maximum Gasteiger partial charge on any atom is 0.308 e. The van der Waals surface area contributed by atoms with Gasteiger partial charge in [-0.25, -0.2) is 0 Å². The first-order chi connectivity index (χ1) is 10.4. The van der Waals surface area contributed by atoms with Gasteiger partial charge in [-0.3, -0.25) is 9.59 Å². The number of hydrogen-bond donors (Lipinski definition) is 1. The Morgan fingerprint density at radius 1 is 1.23 bits per heavy atom. The van der Waals surface area contributed by atoms with Gasteiger partial charge >= 0.3 is 5.97 Å². The molecule has 1 aliphatic heterocycles. The van der Waals surface area contributed by atoms with Gasteiger partial charge in [0.25, 0.3) is 5.91 Å². The molecule has 2 heterocycles. The molecule has 22 heavy (non-hydrogen) atoms. The summed E-state index contributed by atoms with van der Waals surface area (Å²) >= 11 is 0. The molecule has 1 fully saturated rings. The zero-order chi connectivity index (χ0) is 16.0. The number of aliphatic carboxylic acids is 1. The fraction of sp³-hybridized carbons (Fsp3) is 0.412. The van der Waals surface area contributed by atoms with Crippen LogP contribution in [0.1, 0.15) is 33.7 Å². The van der Waals surface area contributed by atoms with Gasteiger partial charge in [0.1, 0.15) is 5.58 Å². The van der Waals surface area contributed by atoms with Crippen LogP contribution in [-0.2, 0) is 4.79 Å². The smallest absolute Gasteiger partial charge is 0.308 e. The molecule has 1 N–H and O–H groups in total. The van der Waals surface area contributed by atoms with Crippen LogP contribution in [0, 0.1) is 26.7 Å². The maximum absolute atomic E-state index is 12.7. The number of carboxylic acid groups (broad SMARTS) is 1. The van der Waals surface area contributed by atoms with Crippen molar-refractivity contribution in [2.45, 2.75) is 27.2 Å². The average molecular weight is 301 g/mol. The van der Waals surface area contributed by atoms with Gasteiger partial charge in [0.05, 0.1) is 5.92 Å². The summed E-state index contributed by atoms with van der Waals surface area (Å²) in [7, 11) is 0. The number of nitrogens with zero attached hydrogens (tertiary/aromatic N) is 1. The number of aryl methyl sites for hydroxylation is 3. The summed E-state index contributed by atoms with van der Waals surface area (Å²) in [5, 5.41) is 10.0. The van der Waals surface area contributed by atoms with Crippen LogP contribution >= 0.6 is 0 Å². The molecule has 1 atom stereocenters. The zero-order valence-corrected chi connectivity index (χ0v) is 13.0. The molecule has 0 spiro atoms. The molecule has 1 amide bonds. The lowest BCUT2D eigenvalue weighted by atomic mass is 10.0. The highest BCUT2D eigenvalue weighted by molar-refractivity contribution is 6.00. The Hall–Kier alpha value is -2.30. The third kappa shape index (κ3) is 2.17. The normalized spacial score (nSPS) is 18.1. The minimum Gasteiger partial charge on any atom is -0.481 e. The van der Waals surface area contributed by atoms with E-state index < -0.39 is 11.9 Å². The summed E-state index contributed by atoms with van der Waals surface area (Å²) in [5.74, 6) is -1.20. The van der Waals surface area contributed by atoms with Crippen LogP contribution in [0.5, 0.6) is 0 Å². The highest BCUT2D eigenvalue weighted by Crippen LogP contribution is 2.32. The van der Waals surface area contributed by atoms with E-state index >= 15 is 0 Å². The Kier molecular flexibility index (Phi) is 3.43. The van der Waals surface area contributed by atoms with Crippen molar-refractivity contribution in [1.29, 1.82) is 0 Å². The molecule has 0 saturated carbocycles. The number of fused-ring (bicyclic) bond motifs is 1. The van der Waals surface area contributed by atoms with Gasteiger partial charge < -0.3 is 14.4 Å². The summed E-state index contributed by atoms with van der Waals surface area (Å²) in [6, 6.07) is 4.00. The first-order valence-electron chi connectivity index (χ1n) is 7.41. The fourth-order valence-electron chi connectivity index (χ4n) is 3.17. The summed E-state index contributed by atoms with van der Waals surface area (Å²) in [5.41, 5.74) is 3.65. The second-order valence-corrected chi connectivity index (χ2v) is 6.03. The van der Waals surface area contributed by atoms with Gasteiger partial charge in [0.15, 0.2) is 5.76 Å². The average Bonchev–Trinajstić information content (AvgIpc) is 3.08. The first-order valence-corrected chi connectivity index (χ1v) is 7.41. The standard InChI is InChI=1S/C17H19NO4/c1-9-4-5-10(2)14-13(9)11(3)15(22-14)16(19)18-7-6-12(8-18)17(20)21/h4-5,12H,6-8H2,1-3H3,(H,20,21)/t12-/m1/s1. The van der Waals surface area contributed by atoms with Crippen molar-refractivity contribution < 1.29 is 19.1 Å². The molecule has 2 aromatic rings. The maximum atomic E-state index is 12.7. The van der Waals surface area contributed by atoms with Crippen LogP contribution in [0.15, 0.2) is 16.5 Å². The van der Waals surface area contributed by atoms with E-state index in [-0.39, 0.29) is 12.5 Å². The van der Waals surface area contributed by atoms with E-state index in [1.807, 2.05) is 32.9 Å². The predicted molar refractivity (Wildman–Crippen MR) is 82.1 cm³/mol. The van der Waals surface area contributed by atoms with Crippen LogP contribution in [0.25, 0.3) is 11.0 Å². The zero-order valence-electron chi connectivity index (χ0n) is 13.0. The third-order valence-corrected chi connectivity index (χ3v) is 4.50. The van der Waals surface area contributed by atoms with E-state index in [1.165, 1.54) is 0 Å². The Balaban J connectivity index is 1.99. The van der Waals surface area contributed by atoms with Gasteiger partial charge in [0.2, 0.25) is 0 Å². The lowest BCUT2D eigenvalue weighted by Crippen LogP contribution is -2.30. The highest BCUT2D eigenvalue weighted by Gasteiger charge is 2.33. The number of likely N-dealkylation sites (tertiary alicyclic amines) is 1. The quantitative estimate of drug-likeness (QED) is 0.926. The summed E-state index contributed by atoms with van der Waals surface area (Å²) < 4.78 is 5.84. The molecule has 116 valence electrons. The van der Waals surface area contributed by atoms with Gasteiger partial charge in [-0.15, -0.1) is 0 Å². The Morgan fingerprint density at radius 3 is 2.50 bits per heavy atom. The summed E-state index contributed by atoms with van der Waals surface area (Å²) in [6.07, 6.45) is 0.498. The molecule has 0 radical (unpaired) electrons. The van der Waals surface area contributed by atoms with Crippen molar-refractivity contribution in [3.63, 3.8) is 0 Å². The lowest BCUT2D eigenvalue weighted by Gasteiger charge is -2.14. The molecule has 0 unspecified atom stereocenters. The van der Waals surface area contributed by atoms with Crippen molar-refractivity contribution in [3.05, 3.63) is 34.6 Å². The van der Waals surface area contributed by atoms with Crippen molar-refractivity contribution in [2.75, 3.05) is 13.1 Å². The summed E-state index contributed by atoms with van der Waals surface area (Å²) in [6.45, 7) is 6.55. The molecular weight excluding hydrogens is 282 g/mol.